The molecule has 0 aromatic carbocycles. The van der Waals surface area contributed by atoms with Crippen LogP contribution in [0.2, 0.25) is 5.02 Å². The Kier molecular flexibility index (Phi) is 7.84. The number of thioether (sulfide) groups is 1. The van der Waals surface area contributed by atoms with Crippen LogP contribution in [0.15, 0.2) is 17.3 Å². The van der Waals surface area contributed by atoms with Crippen LogP contribution in [0.5, 0.6) is 0 Å². The van der Waals surface area contributed by atoms with E-state index in [0.717, 1.165) is 53.6 Å². The fraction of sp³-hybridized carbons (Fsp3) is 0.588. The molecule has 9 heteroatoms. The van der Waals surface area contributed by atoms with Crippen LogP contribution in [0, 0.1) is 6.92 Å². The average molecular weight is 398 g/mol. The van der Waals surface area contributed by atoms with Crippen molar-refractivity contribution in [2.24, 2.45) is 19.1 Å². The van der Waals surface area contributed by atoms with Crippen molar-refractivity contribution in [3.8, 4) is 0 Å². The maximum atomic E-state index is 6.10. The number of guanidine groups is 1. The molecule has 1 N–H and O–H groups in total. The summed E-state index contributed by atoms with van der Waals surface area (Å²) in [6, 6.07) is 1.98. The van der Waals surface area contributed by atoms with Gasteiger partial charge in [-0.15, -0.1) is 10.2 Å². The van der Waals surface area contributed by atoms with Gasteiger partial charge in [-0.05, 0) is 31.4 Å². The highest BCUT2D eigenvalue weighted by Crippen LogP contribution is 2.14. The SMILES string of the molecule is CSCCCNC(=NCc1nnc(C)n1C)N(C)Cc1cc(Cl)cn1C. The molecule has 26 heavy (non-hydrogen) atoms. The summed E-state index contributed by atoms with van der Waals surface area (Å²) in [7, 11) is 5.99. The highest BCUT2D eigenvalue weighted by Gasteiger charge is 2.11. The molecule has 0 unspecified atom stereocenters. The van der Waals surface area contributed by atoms with Crippen LogP contribution in [0.3, 0.4) is 0 Å². The van der Waals surface area contributed by atoms with E-state index >= 15 is 0 Å². The van der Waals surface area contributed by atoms with Crippen LogP contribution in [0.1, 0.15) is 23.8 Å². The van der Waals surface area contributed by atoms with E-state index in [1.165, 1.54) is 0 Å². The van der Waals surface area contributed by atoms with Crippen molar-refractivity contribution in [1.82, 2.24) is 29.5 Å². The number of nitrogens with one attached hydrogen (secondary N) is 1. The minimum atomic E-state index is 0.487. The average Bonchev–Trinajstić information content (AvgIpc) is 3.08. The zero-order chi connectivity index (χ0) is 19.1. The zero-order valence-corrected chi connectivity index (χ0v) is 17.7. The molecule has 2 aromatic heterocycles. The standard InChI is InChI=1S/C17H28ClN7S/c1-13-21-22-16(25(13)4)10-20-17(19-7-6-8-26-5)24(3)12-15-9-14(18)11-23(15)2/h9,11H,6-8,10,12H2,1-5H3,(H,19,20). The van der Waals surface area contributed by atoms with Crippen LogP contribution in [0.25, 0.3) is 0 Å². The predicted octanol–water partition coefficient (Wildman–Crippen LogP) is 2.45. The minimum Gasteiger partial charge on any atom is -0.356 e. The summed E-state index contributed by atoms with van der Waals surface area (Å²) in [5.74, 6) is 3.71. The van der Waals surface area contributed by atoms with Gasteiger partial charge in [0.1, 0.15) is 12.4 Å². The molecule has 0 saturated carbocycles. The van der Waals surface area contributed by atoms with Crippen LogP contribution in [-0.2, 0) is 27.2 Å². The number of halogens is 1. The number of hydrogen-bond acceptors (Lipinski definition) is 4. The van der Waals surface area contributed by atoms with Gasteiger partial charge in [0.2, 0.25) is 0 Å². The summed E-state index contributed by atoms with van der Waals surface area (Å²) < 4.78 is 4.00. The summed E-state index contributed by atoms with van der Waals surface area (Å²) in [6.45, 7) is 4.03. The number of rotatable bonds is 8. The Morgan fingerprint density at radius 3 is 2.73 bits per heavy atom. The molecule has 0 bridgehead atoms. The molecule has 0 aliphatic heterocycles. The summed E-state index contributed by atoms with van der Waals surface area (Å²) >= 11 is 7.95. The monoisotopic (exact) mass is 397 g/mol. The number of hydrogen-bond donors (Lipinski definition) is 1. The van der Waals surface area contributed by atoms with Crippen molar-refractivity contribution in [3.05, 3.63) is 34.6 Å². The number of aliphatic imine (C=N–C) groups is 1. The summed E-state index contributed by atoms with van der Waals surface area (Å²) in [6.07, 6.45) is 5.12. The van der Waals surface area contributed by atoms with Gasteiger partial charge in [0.25, 0.3) is 0 Å². The lowest BCUT2D eigenvalue weighted by Gasteiger charge is -2.23. The van der Waals surface area contributed by atoms with Gasteiger partial charge in [0.15, 0.2) is 11.8 Å². The molecule has 2 aromatic rings. The Hall–Kier alpha value is -1.67. The second kappa shape index (κ2) is 9.87. The van der Waals surface area contributed by atoms with E-state index in [1.807, 2.05) is 61.2 Å². The van der Waals surface area contributed by atoms with Gasteiger partial charge in [-0.1, -0.05) is 11.6 Å². The molecule has 0 radical (unpaired) electrons. The molecule has 2 heterocycles. The van der Waals surface area contributed by atoms with E-state index in [-0.39, 0.29) is 0 Å². The first-order valence-corrected chi connectivity index (χ1v) is 10.3. The number of aryl methyl sites for hydroxylation is 2. The van der Waals surface area contributed by atoms with E-state index in [9.17, 15) is 0 Å². The second-order valence-electron chi connectivity index (χ2n) is 6.25. The Balaban J connectivity index is 2.09. The Morgan fingerprint density at radius 2 is 2.15 bits per heavy atom. The topological polar surface area (TPSA) is 63.3 Å². The Morgan fingerprint density at radius 1 is 1.38 bits per heavy atom. The highest BCUT2D eigenvalue weighted by atomic mass is 35.5. The molecular weight excluding hydrogens is 370 g/mol. The third-order valence-corrected chi connectivity index (χ3v) is 5.10. The molecule has 0 spiro atoms. The minimum absolute atomic E-state index is 0.487. The van der Waals surface area contributed by atoms with Crippen LogP contribution >= 0.6 is 23.4 Å². The van der Waals surface area contributed by atoms with Gasteiger partial charge in [0, 0.05) is 39.6 Å². The Labute approximate surface area is 164 Å². The largest absolute Gasteiger partial charge is 0.356 e. The van der Waals surface area contributed by atoms with Crippen LogP contribution < -0.4 is 5.32 Å². The molecule has 2 rings (SSSR count). The van der Waals surface area contributed by atoms with Crippen molar-refractivity contribution in [2.45, 2.75) is 26.4 Å². The fourth-order valence-electron chi connectivity index (χ4n) is 2.50. The molecule has 0 saturated heterocycles. The number of aromatic nitrogens is 4. The molecule has 0 fully saturated rings. The van der Waals surface area contributed by atoms with E-state index in [1.54, 1.807) is 0 Å². The predicted molar refractivity (Wildman–Crippen MR) is 110 cm³/mol. The smallest absolute Gasteiger partial charge is 0.194 e. The molecule has 144 valence electrons. The second-order valence-corrected chi connectivity index (χ2v) is 7.67. The van der Waals surface area contributed by atoms with Crippen LogP contribution in [0.4, 0.5) is 0 Å². The summed E-state index contributed by atoms with van der Waals surface area (Å²) in [4.78, 5) is 6.86. The Bertz CT molecular complexity index is 738. The van der Waals surface area contributed by atoms with Crippen LogP contribution in [-0.4, -0.2) is 55.8 Å². The van der Waals surface area contributed by atoms with Crippen molar-refractivity contribution in [1.29, 1.82) is 0 Å². The third kappa shape index (κ3) is 5.67. The van der Waals surface area contributed by atoms with E-state index in [2.05, 4.69) is 26.7 Å². The van der Waals surface area contributed by atoms with Gasteiger partial charge in [-0.25, -0.2) is 4.99 Å². The first-order chi connectivity index (χ1) is 12.4. The molecule has 0 atom stereocenters. The zero-order valence-electron chi connectivity index (χ0n) is 16.2. The molecule has 0 amide bonds. The van der Waals surface area contributed by atoms with Crippen molar-refractivity contribution >= 4 is 29.3 Å². The fourth-order valence-corrected chi connectivity index (χ4v) is 3.21. The van der Waals surface area contributed by atoms with E-state index < -0.39 is 0 Å². The molecule has 0 aliphatic rings. The molecule has 7 nitrogen and oxygen atoms in total. The lowest BCUT2D eigenvalue weighted by molar-refractivity contribution is 0.459. The normalized spacial score (nSPS) is 11.8. The van der Waals surface area contributed by atoms with Gasteiger partial charge in [-0.3, -0.25) is 0 Å². The van der Waals surface area contributed by atoms with Gasteiger partial charge in [-0.2, -0.15) is 11.8 Å². The summed E-state index contributed by atoms with van der Waals surface area (Å²) in [5.41, 5.74) is 1.13. The molecular formula is C17H28ClN7S. The maximum Gasteiger partial charge on any atom is 0.194 e. The summed E-state index contributed by atoms with van der Waals surface area (Å²) in [5, 5.41) is 12.5. The number of nitrogens with zero attached hydrogens (tertiary/aromatic N) is 6. The quantitative estimate of drug-likeness (QED) is 0.421. The van der Waals surface area contributed by atoms with Crippen molar-refractivity contribution in [2.75, 3.05) is 25.6 Å². The van der Waals surface area contributed by atoms with Gasteiger partial charge in [0.05, 0.1) is 11.6 Å². The van der Waals surface area contributed by atoms with Crippen molar-refractivity contribution < 1.29 is 0 Å². The van der Waals surface area contributed by atoms with E-state index in [4.69, 9.17) is 16.6 Å². The van der Waals surface area contributed by atoms with E-state index in [0.29, 0.717) is 6.54 Å². The van der Waals surface area contributed by atoms with Crippen molar-refractivity contribution in [3.63, 3.8) is 0 Å². The first kappa shape index (κ1) is 20.6. The van der Waals surface area contributed by atoms with Gasteiger partial charge < -0.3 is 19.4 Å². The third-order valence-electron chi connectivity index (χ3n) is 4.20. The molecule has 0 aliphatic carbocycles. The first-order valence-electron chi connectivity index (χ1n) is 8.56. The van der Waals surface area contributed by atoms with Gasteiger partial charge >= 0.3 is 0 Å². The maximum absolute atomic E-state index is 6.10. The highest BCUT2D eigenvalue weighted by molar-refractivity contribution is 7.98. The lowest BCUT2D eigenvalue weighted by atomic mass is 10.4. The lowest BCUT2D eigenvalue weighted by Crippen LogP contribution is -2.39.